The summed E-state index contributed by atoms with van der Waals surface area (Å²) >= 11 is 2.74. The summed E-state index contributed by atoms with van der Waals surface area (Å²) in [5.74, 6) is -0.185. The lowest BCUT2D eigenvalue weighted by atomic mass is 10.2. The maximum atomic E-state index is 12.2. The van der Waals surface area contributed by atoms with Gasteiger partial charge in [-0.05, 0) is 24.4 Å². The summed E-state index contributed by atoms with van der Waals surface area (Å²) in [6.45, 7) is 1.65. The summed E-state index contributed by atoms with van der Waals surface area (Å²) in [6.07, 6.45) is 0. The molecule has 0 aliphatic carbocycles. The molecule has 0 aliphatic heterocycles. The van der Waals surface area contributed by atoms with E-state index in [4.69, 9.17) is 5.21 Å². The third-order valence-corrected chi connectivity index (χ3v) is 4.77. The van der Waals surface area contributed by atoms with Gasteiger partial charge in [-0.25, -0.2) is 4.98 Å². The van der Waals surface area contributed by atoms with Gasteiger partial charge < -0.3 is 5.21 Å². The van der Waals surface area contributed by atoms with Gasteiger partial charge in [-0.15, -0.1) is 22.7 Å². The Bertz CT molecular complexity index is 802. The Morgan fingerprint density at radius 1 is 1.38 bits per heavy atom. The van der Waals surface area contributed by atoms with Crippen LogP contribution in [0.1, 0.15) is 22.3 Å². The number of hydrogen-bond donors (Lipinski definition) is 2. The molecule has 106 valence electrons. The number of nitrogens with zero attached hydrogens (tertiary/aromatic N) is 2. The summed E-state index contributed by atoms with van der Waals surface area (Å²) < 4.78 is 1.07. The molecule has 3 aromatic rings. The second-order valence-corrected chi connectivity index (χ2v) is 6.27. The number of fused-ring (bicyclic) bond motifs is 1. The normalized spacial score (nSPS) is 11.8. The molecule has 2 heterocycles. The van der Waals surface area contributed by atoms with Crippen LogP contribution in [-0.4, -0.2) is 21.8 Å². The summed E-state index contributed by atoms with van der Waals surface area (Å²) in [4.78, 5) is 17.1. The van der Waals surface area contributed by atoms with E-state index in [1.165, 1.54) is 22.7 Å². The third kappa shape index (κ3) is 2.79. The number of benzene rings is 1. The van der Waals surface area contributed by atoms with Crippen molar-refractivity contribution in [3.8, 4) is 0 Å². The van der Waals surface area contributed by atoms with Crippen molar-refractivity contribution in [2.75, 3.05) is 5.32 Å². The van der Waals surface area contributed by atoms with Crippen molar-refractivity contribution in [2.45, 2.75) is 6.92 Å². The zero-order valence-electron chi connectivity index (χ0n) is 11.0. The number of aromatic nitrogens is 1. The van der Waals surface area contributed by atoms with Crippen molar-refractivity contribution < 1.29 is 10.0 Å². The molecule has 0 saturated heterocycles. The van der Waals surface area contributed by atoms with E-state index in [9.17, 15) is 4.79 Å². The quantitative estimate of drug-likeness (QED) is 0.438. The lowest BCUT2D eigenvalue weighted by Gasteiger charge is -1.97. The average molecular weight is 317 g/mol. The largest absolute Gasteiger partial charge is 0.411 e. The first-order valence-electron chi connectivity index (χ1n) is 6.12. The van der Waals surface area contributed by atoms with Crippen LogP contribution in [0.4, 0.5) is 5.13 Å². The predicted octanol–water partition coefficient (Wildman–Crippen LogP) is 3.81. The van der Waals surface area contributed by atoms with E-state index >= 15 is 0 Å². The number of nitrogens with one attached hydrogen (secondary N) is 1. The highest BCUT2D eigenvalue weighted by Crippen LogP contribution is 2.26. The molecule has 2 aromatic heterocycles. The number of oxime groups is 1. The van der Waals surface area contributed by atoms with E-state index in [0.717, 1.165) is 10.1 Å². The van der Waals surface area contributed by atoms with E-state index in [2.05, 4.69) is 15.5 Å². The Kier molecular flexibility index (Phi) is 3.68. The molecule has 1 amide bonds. The molecular weight excluding hydrogens is 306 g/mol. The standard InChI is InChI=1S/C14H11N3O2S2/c1-8(17-19)10-7-20-14(15-10)16-13(18)12-6-9-4-2-3-5-11(9)21-12/h2-7,19H,1H3,(H,15,16,18). The van der Waals surface area contributed by atoms with Crippen LogP contribution < -0.4 is 5.32 Å². The Morgan fingerprint density at radius 2 is 2.19 bits per heavy atom. The molecule has 21 heavy (non-hydrogen) atoms. The molecule has 0 fully saturated rings. The van der Waals surface area contributed by atoms with Gasteiger partial charge in [0.15, 0.2) is 5.13 Å². The van der Waals surface area contributed by atoms with Gasteiger partial charge in [-0.2, -0.15) is 0 Å². The second kappa shape index (κ2) is 5.63. The van der Waals surface area contributed by atoms with Crippen molar-refractivity contribution >= 4 is 49.5 Å². The van der Waals surface area contributed by atoms with Crippen LogP contribution in [0.2, 0.25) is 0 Å². The first-order chi connectivity index (χ1) is 10.2. The van der Waals surface area contributed by atoms with E-state index < -0.39 is 0 Å². The van der Waals surface area contributed by atoms with E-state index in [-0.39, 0.29) is 5.91 Å². The molecule has 5 nitrogen and oxygen atoms in total. The van der Waals surface area contributed by atoms with Gasteiger partial charge in [0, 0.05) is 10.1 Å². The predicted molar refractivity (Wildman–Crippen MR) is 85.9 cm³/mol. The van der Waals surface area contributed by atoms with Crippen molar-refractivity contribution in [3.05, 3.63) is 46.3 Å². The number of thiazole rings is 1. The fraction of sp³-hybridized carbons (Fsp3) is 0.0714. The zero-order valence-corrected chi connectivity index (χ0v) is 12.7. The van der Waals surface area contributed by atoms with Crippen molar-refractivity contribution in [2.24, 2.45) is 5.16 Å². The van der Waals surface area contributed by atoms with Gasteiger partial charge in [0.25, 0.3) is 5.91 Å². The molecule has 7 heteroatoms. The van der Waals surface area contributed by atoms with Crippen molar-refractivity contribution in [3.63, 3.8) is 0 Å². The SMILES string of the molecule is CC(=NO)c1csc(NC(=O)c2cc3ccccc3s2)n1. The summed E-state index contributed by atoms with van der Waals surface area (Å²) in [5.41, 5.74) is 0.961. The van der Waals surface area contributed by atoms with Crippen LogP contribution in [0.15, 0.2) is 40.9 Å². The molecule has 0 spiro atoms. The molecule has 0 atom stereocenters. The molecule has 2 N–H and O–H groups in total. The van der Waals surface area contributed by atoms with E-state index in [1.54, 1.807) is 12.3 Å². The van der Waals surface area contributed by atoms with Gasteiger partial charge in [-0.1, -0.05) is 23.4 Å². The number of hydrogen-bond acceptors (Lipinski definition) is 6. The molecule has 0 saturated carbocycles. The van der Waals surface area contributed by atoms with Gasteiger partial charge in [0.05, 0.1) is 4.88 Å². The first-order valence-corrected chi connectivity index (χ1v) is 7.81. The monoisotopic (exact) mass is 317 g/mol. The maximum Gasteiger partial charge on any atom is 0.267 e. The zero-order chi connectivity index (χ0) is 14.8. The molecule has 0 aliphatic rings. The van der Waals surface area contributed by atoms with Gasteiger partial charge in [-0.3, -0.25) is 10.1 Å². The van der Waals surface area contributed by atoms with Crippen LogP contribution >= 0.6 is 22.7 Å². The Labute approximate surface area is 128 Å². The van der Waals surface area contributed by atoms with Crippen LogP contribution in [0.5, 0.6) is 0 Å². The average Bonchev–Trinajstić information content (AvgIpc) is 3.12. The van der Waals surface area contributed by atoms with Crippen LogP contribution in [0, 0.1) is 0 Å². The van der Waals surface area contributed by atoms with Crippen molar-refractivity contribution in [1.29, 1.82) is 0 Å². The maximum absolute atomic E-state index is 12.2. The molecule has 1 aromatic carbocycles. The number of carbonyl (C=O) groups is 1. The van der Waals surface area contributed by atoms with Crippen molar-refractivity contribution in [1.82, 2.24) is 4.98 Å². The van der Waals surface area contributed by atoms with Crippen LogP contribution in [-0.2, 0) is 0 Å². The third-order valence-electron chi connectivity index (χ3n) is 2.89. The minimum Gasteiger partial charge on any atom is -0.411 e. The van der Waals surface area contributed by atoms with E-state index in [1.807, 2.05) is 30.3 Å². The lowest BCUT2D eigenvalue weighted by molar-refractivity contribution is 0.103. The summed E-state index contributed by atoms with van der Waals surface area (Å²) in [5, 5.41) is 17.8. The van der Waals surface area contributed by atoms with E-state index in [0.29, 0.717) is 21.4 Å². The Morgan fingerprint density at radius 3 is 2.95 bits per heavy atom. The van der Waals surface area contributed by atoms with Crippen LogP contribution in [0.25, 0.3) is 10.1 Å². The van der Waals surface area contributed by atoms with Gasteiger partial charge in [0.1, 0.15) is 11.4 Å². The molecular formula is C14H11N3O2S2. The number of rotatable bonds is 3. The highest BCUT2D eigenvalue weighted by atomic mass is 32.1. The highest BCUT2D eigenvalue weighted by Gasteiger charge is 2.13. The lowest BCUT2D eigenvalue weighted by Crippen LogP contribution is -2.10. The topological polar surface area (TPSA) is 74.6 Å². The number of anilines is 1. The number of amides is 1. The fourth-order valence-corrected chi connectivity index (χ4v) is 3.51. The van der Waals surface area contributed by atoms with Gasteiger partial charge in [0.2, 0.25) is 0 Å². The Balaban J connectivity index is 1.81. The molecule has 0 unspecified atom stereocenters. The highest BCUT2D eigenvalue weighted by molar-refractivity contribution is 7.21. The molecule has 3 rings (SSSR count). The summed E-state index contributed by atoms with van der Waals surface area (Å²) in [6, 6.07) is 9.72. The molecule has 0 radical (unpaired) electrons. The minimum absolute atomic E-state index is 0.185. The summed E-state index contributed by atoms with van der Waals surface area (Å²) in [7, 11) is 0. The molecule has 0 bridgehead atoms. The number of thiophene rings is 1. The second-order valence-electron chi connectivity index (χ2n) is 4.33. The Hall–Kier alpha value is -2.25. The van der Waals surface area contributed by atoms with Crippen LogP contribution in [0.3, 0.4) is 0 Å². The number of carbonyl (C=O) groups excluding carboxylic acids is 1. The fourth-order valence-electron chi connectivity index (χ4n) is 1.80. The van der Waals surface area contributed by atoms with Gasteiger partial charge >= 0.3 is 0 Å². The minimum atomic E-state index is -0.185. The first kappa shape index (κ1) is 13.7. The smallest absolute Gasteiger partial charge is 0.267 e.